The number of aromatic hydroxyl groups is 1. The van der Waals surface area contributed by atoms with Crippen molar-refractivity contribution >= 4 is 0 Å². The number of rotatable bonds is 8. The van der Waals surface area contributed by atoms with Crippen LogP contribution < -0.4 is 5.32 Å². The third-order valence-corrected chi connectivity index (χ3v) is 6.49. The summed E-state index contributed by atoms with van der Waals surface area (Å²) in [6.07, 6.45) is 12.5. The first kappa shape index (κ1) is 20.6. The first-order chi connectivity index (χ1) is 13.2. The van der Waals surface area contributed by atoms with E-state index in [0.29, 0.717) is 37.1 Å². The van der Waals surface area contributed by atoms with Gasteiger partial charge in [-0.1, -0.05) is 50.7 Å². The van der Waals surface area contributed by atoms with Crippen molar-refractivity contribution < 1.29 is 15.3 Å². The number of nitrogens with one attached hydrogen (secondary N) is 1. The summed E-state index contributed by atoms with van der Waals surface area (Å²) in [4.78, 5) is 0. The van der Waals surface area contributed by atoms with E-state index in [4.69, 9.17) is 5.11 Å². The maximum Gasteiger partial charge on any atom is 0.122 e. The van der Waals surface area contributed by atoms with Gasteiger partial charge in [-0.05, 0) is 54.2 Å². The molecular formula is C23H37NO3. The molecule has 0 heterocycles. The van der Waals surface area contributed by atoms with Gasteiger partial charge in [0.2, 0.25) is 0 Å². The van der Waals surface area contributed by atoms with E-state index in [-0.39, 0.29) is 6.61 Å². The number of phenolic OH excluding ortho intramolecular Hbond substituents is 1. The van der Waals surface area contributed by atoms with E-state index in [1.165, 1.54) is 69.8 Å². The van der Waals surface area contributed by atoms with Crippen LogP contribution in [0.5, 0.6) is 5.75 Å². The van der Waals surface area contributed by atoms with Crippen LogP contribution in [0.4, 0.5) is 0 Å². The standard InChI is InChI=1S/C23H37NO3/c25-12-11-24-16-21(26)14-20-13-19(17-7-3-1-4-8-17)15-22(23(20)27)18-9-5-2-6-10-18/h13,15,17-18,21,24-27H,1-12,14,16H2. The Bertz CT molecular complexity index is 577. The van der Waals surface area contributed by atoms with Crippen molar-refractivity contribution in [2.45, 2.75) is 88.6 Å². The first-order valence-electron chi connectivity index (χ1n) is 11.0. The molecule has 0 bridgehead atoms. The van der Waals surface area contributed by atoms with Gasteiger partial charge >= 0.3 is 0 Å². The molecule has 27 heavy (non-hydrogen) atoms. The molecule has 2 fully saturated rings. The summed E-state index contributed by atoms with van der Waals surface area (Å²) < 4.78 is 0. The van der Waals surface area contributed by atoms with E-state index < -0.39 is 6.10 Å². The van der Waals surface area contributed by atoms with Crippen molar-refractivity contribution in [2.24, 2.45) is 0 Å². The van der Waals surface area contributed by atoms with E-state index >= 15 is 0 Å². The zero-order chi connectivity index (χ0) is 19.1. The van der Waals surface area contributed by atoms with Gasteiger partial charge in [0, 0.05) is 19.5 Å². The summed E-state index contributed by atoms with van der Waals surface area (Å²) in [7, 11) is 0. The number of aliphatic hydroxyl groups excluding tert-OH is 2. The van der Waals surface area contributed by atoms with Gasteiger partial charge < -0.3 is 20.6 Å². The van der Waals surface area contributed by atoms with Gasteiger partial charge in [-0.25, -0.2) is 0 Å². The van der Waals surface area contributed by atoms with Gasteiger partial charge in [0.1, 0.15) is 5.75 Å². The molecule has 4 heteroatoms. The largest absolute Gasteiger partial charge is 0.507 e. The van der Waals surface area contributed by atoms with Gasteiger partial charge in [-0.2, -0.15) is 0 Å². The van der Waals surface area contributed by atoms with Crippen LogP contribution in [0.15, 0.2) is 12.1 Å². The molecule has 0 aliphatic heterocycles. The molecular weight excluding hydrogens is 338 g/mol. The zero-order valence-corrected chi connectivity index (χ0v) is 16.6. The van der Waals surface area contributed by atoms with Crippen molar-refractivity contribution in [3.63, 3.8) is 0 Å². The monoisotopic (exact) mass is 375 g/mol. The number of hydrogen-bond donors (Lipinski definition) is 4. The Morgan fingerprint density at radius 1 is 0.926 bits per heavy atom. The Morgan fingerprint density at radius 2 is 1.56 bits per heavy atom. The van der Waals surface area contributed by atoms with Crippen LogP contribution in [0.2, 0.25) is 0 Å². The van der Waals surface area contributed by atoms with Crippen LogP contribution in [-0.2, 0) is 6.42 Å². The molecule has 1 atom stereocenters. The van der Waals surface area contributed by atoms with Crippen LogP contribution in [-0.4, -0.2) is 41.1 Å². The molecule has 2 aliphatic carbocycles. The van der Waals surface area contributed by atoms with Crippen molar-refractivity contribution in [1.29, 1.82) is 0 Å². The molecule has 0 radical (unpaired) electrons. The number of aliphatic hydroxyl groups is 2. The van der Waals surface area contributed by atoms with Gasteiger partial charge in [0.25, 0.3) is 0 Å². The minimum atomic E-state index is -0.553. The number of phenols is 1. The lowest BCUT2D eigenvalue weighted by Crippen LogP contribution is -2.30. The Labute approximate surface area is 164 Å². The average Bonchev–Trinajstić information content (AvgIpc) is 2.71. The highest BCUT2D eigenvalue weighted by molar-refractivity contribution is 5.47. The van der Waals surface area contributed by atoms with Crippen molar-refractivity contribution in [2.75, 3.05) is 19.7 Å². The SMILES string of the molecule is OCCNCC(O)Cc1cc(C2CCCCC2)cc(C2CCCCC2)c1O. The van der Waals surface area contributed by atoms with E-state index in [2.05, 4.69) is 17.4 Å². The van der Waals surface area contributed by atoms with Gasteiger partial charge in [0.15, 0.2) is 0 Å². The molecule has 0 aromatic heterocycles. The van der Waals surface area contributed by atoms with Crippen molar-refractivity contribution in [3.05, 3.63) is 28.8 Å². The summed E-state index contributed by atoms with van der Waals surface area (Å²) in [6, 6.07) is 4.45. The maximum absolute atomic E-state index is 11.0. The second-order valence-corrected chi connectivity index (χ2v) is 8.57. The summed E-state index contributed by atoms with van der Waals surface area (Å²) >= 11 is 0. The summed E-state index contributed by atoms with van der Waals surface area (Å²) in [5, 5.41) is 33.4. The van der Waals surface area contributed by atoms with Crippen LogP contribution >= 0.6 is 0 Å². The fraction of sp³-hybridized carbons (Fsp3) is 0.739. The predicted molar refractivity (Wildman–Crippen MR) is 109 cm³/mol. The summed E-state index contributed by atoms with van der Waals surface area (Å²) in [5.74, 6) is 1.48. The predicted octanol–water partition coefficient (Wildman–Crippen LogP) is 3.97. The third kappa shape index (κ3) is 5.69. The number of hydrogen-bond acceptors (Lipinski definition) is 4. The third-order valence-electron chi connectivity index (χ3n) is 6.49. The minimum Gasteiger partial charge on any atom is -0.507 e. The molecule has 4 N–H and O–H groups in total. The van der Waals surface area contributed by atoms with Gasteiger partial charge in [0.05, 0.1) is 12.7 Å². The summed E-state index contributed by atoms with van der Waals surface area (Å²) in [6.45, 7) is 0.992. The molecule has 3 rings (SSSR count). The molecule has 0 saturated heterocycles. The molecule has 1 aromatic rings. The van der Waals surface area contributed by atoms with Crippen LogP contribution in [0.3, 0.4) is 0 Å². The molecule has 2 saturated carbocycles. The Balaban J connectivity index is 1.82. The van der Waals surface area contributed by atoms with Gasteiger partial charge in [-0.15, -0.1) is 0 Å². The lowest BCUT2D eigenvalue weighted by molar-refractivity contribution is 0.167. The van der Waals surface area contributed by atoms with E-state index in [1.807, 2.05) is 0 Å². The Hall–Kier alpha value is -1.10. The Morgan fingerprint density at radius 3 is 2.19 bits per heavy atom. The van der Waals surface area contributed by atoms with Crippen LogP contribution in [0.1, 0.15) is 92.7 Å². The molecule has 2 aliphatic rings. The smallest absolute Gasteiger partial charge is 0.122 e. The maximum atomic E-state index is 11.0. The molecule has 0 spiro atoms. The van der Waals surface area contributed by atoms with E-state index in [9.17, 15) is 10.2 Å². The van der Waals surface area contributed by atoms with Crippen molar-refractivity contribution in [3.8, 4) is 5.75 Å². The van der Waals surface area contributed by atoms with Crippen LogP contribution in [0.25, 0.3) is 0 Å². The second-order valence-electron chi connectivity index (χ2n) is 8.57. The first-order valence-corrected chi connectivity index (χ1v) is 11.0. The molecule has 152 valence electrons. The number of benzene rings is 1. The highest BCUT2D eigenvalue weighted by Gasteiger charge is 2.25. The second kappa shape index (κ2) is 10.4. The fourth-order valence-corrected chi connectivity index (χ4v) is 4.97. The quantitative estimate of drug-likeness (QED) is 0.519. The highest BCUT2D eigenvalue weighted by atomic mass is 16.3. The average molecular weight is 376 g/mol. The highest BCUT2D eigenvalue weighted by Crippen LogP contribution is 2.42. The van der Waals surface area contributed by atoms with E-state index in [1.54, 1.807) is 0 Å². The fourth-order valence-electron chi connectivity index (χ4n) is 4.97. The zero-order valence-electron chi connectivity index (χ0n) is 16.6. The lowest BCUT2D eigenvalue weighted by Gasteiger charge is -2.28. The van der Waals surface area contributed by atoms with Crippen molar-refractivity contribution in [1.82, 2.24) is 5.32 Å². The topological polar surface area (TPSA) is 72.7 Å². The lowest BCUT2D eigenvalue weighted by atomic mass is 9.78. The molecule has 1 unspecified atom stereocenters. The summed E-state index contributed by atoms with van der Waals surface area (Å²) in [5.41, 5.74) is 3.40. The molecule has 1 aromatic carbocycles. The van der Waals surface area contributed by atoms with Crippen LogP contribution in [0, 0.1) is 0 Å². The van der Waals surface area contributed by atoms with E-state index in [0.717, 1.165) is 11.1 Å². The molecule has 0 amide bonds. The minimum absolute atomic E-state index is 0.0704. The Kier molecular flexibility index (Phi) is 7.98. The van der Waals surface area contributed by atoms with Gasteiger partial charge in [-0.3, -0.25) is 0 Å². The normalized spacial score (nSPS) is 20.7. The molecule has 4 nitrogen and oxygen atoms in total.